The molecule has 1 heterocycles. The molecule has 2 aromatic carbocycles. The van der Waals surface area contributed by atoms with Crippen molar-refractivity contribution in [2.75, 3.05) is 0 Å². The van der Waals surface area contributed by atoms with E-state index < -0.39 is 17.6 Å². The Balaban J connectivity index is 1.74. The molecule has 0 spiro atoms. The van der Waals surface area contributed by atoms with Crippen molar-refractivity contribution in [1.29, 1.82) is 0 Å². The van der Waals surface area contributed by atoms with Gasteiger partial charge in [-0.3, -0.25) is 0 Å². The van der Waals surface area contributed by atoms with E-state index in [1.807, 2.05) is 0 Å². The number of hydrogen-bond donors (Lipinski definition) is 1. The Morgan fingerprint density at radius 2 is 1.81 bits per heavy atom. The minimum Gasteiger partial charge on any atom is -0.488 e. The molecule has 1 aromatic heterocycles. The molecule has 4 nitrogen and oxygen atoms in total. The van der Waals surface area contributed by atoms with Gasteiger partial charge in [-0.25, -0.2) is 18.6 Å². The van der Waals surface area contributed by atoms with Crippen molar-refractivity contribution in [1.82, 2.24) is 4.98 Å². The van der Waals surface area contributed by atoms with Crippen molar-refractivity contribution in [3.05, 3.63) is 93.8 Å². The molecule has 0 fully saturated rings. The largest absolute Gasteiger partial charge is 0.488 e. The second-order valence-electron chi connectivity index (χ2n) is 7.54. The van der Waals surface area contributed by atoms with E-state index in [0.29, 0.717) is 16.5 Å². The summed E-state index contributed by atoms with van der Waals surface area (Å²) < 4.78 is 33.2. The van der Waals surface area contributed by atoms with Crippen LogP contribution in [0.15, 0.2) is 54.6 Å². The molecule has 4 rings (SSSR count). The number of halogens is 3. The number of hydrogen-bond acceptors (Lipinski definition) is 3. The summed E-state index contributed by atoms with van der Waals surface area (Å²) in [6.45, 7) is -0.0733. The summed E-state index contributed by atoms with van der Waals surface area (Å²) in [7, 11) is 0. The monoisotopic (exact) mass is 455 g/mol. The molecule has 32 heavy (non-hydrogen) atoms. The van der Waals surface area contributed by atoms with Crippen molar-refractivity contribution >= 4 is 28.7 Å². The average molecular weight is 456 g/mol. The minimum atomic E-state index is -1.09. The van der Waals surface area contributed by atoms with E-state index in [0.717, 1.165) is 48.5 Å². The Morgan fingerprint density at radius 3 is 2.56 bits per heavy atom. The minimum absolute atomic E-state index is 0.0192. The zero-order chi connectivity index (χ0) is 22.7. The van der Waals surface area contributed by atoms with Crippen LogP contribution in [0.25, 0.3) is 11.1 Å². The zero-order valence-electron chi connectivity index (χ0n) is 17.1. The molecule has 0 radical (unpaired) electrons. The number of allylic oxidation sites excluding steroid dienone is 2. The van der Waals surface area contributed by atoms with Crippen molar-refractivity contribution < 1.29 is 23.4 Å². The third-order valence-electron chi connectivity index (χ3n) is 5.41. The number of carbonyl (C=O) groups is 1. The number of aromatic carboxylic acids is 1. The van der Waals surface area contributed by atoms with Crippen molar-refractivity contribution in [3.8, 4) is 5.75 Å². The quantitative estimate of drug-likeness (QED) is 0.445. The summed E-state index contributed by atoms with van der Waals surface area (Å²) in [6, 6.07) is 13.5. The molecule has 164 valence electrons. The maximum atomic E-state index is 14.1. The van der Waals surface area contributed by atoms with Crippen molar-refractivity contribution in [2.45, 2.75) is 32.3 Å². The van der Waals surface area contributed by atoms with E-state index in [1.165, 1.54) is 18.2 Å². The lowest BCUT2D eigenvalue weighted by Crippen LogP contribution is -2.07. The van der Waals surface area contributed by atoms with Crippen LogP contribution in [0.5, 0.6) is 5.75 Å². The summed E-state index contributed by atoms with van der Waals surface area (Å²) in [4.78, 5) is 15.7. The molecule has 0 amide bonds. The molecule has 3 aromatic rings. The molecule has 1 N–H and O–H groups in total. The number of ether oxygens (including phenoxy) is 1. The number of carboxylic acid groups (broad SMARTS) is 1. The molecule has 0 saturated carbocycles. The Morgan fingerprint density at radius 1 is 1.03 bits per heavy atom. The number of benzene rings is 2. The fourth-order valence-corrected chi connectivity index (χ4v) is 4.04. The lowest BCUT2D eigenvalue weighted by Gasteiger charge is -2.23. The van der Waals surface area contributed by atoms with Crippen molar-refractivity contribution in [2.24, 2.45) is 0 Å². The number of rotatable bonds is 6. The SMILES string of the molecule is O=C(O)c1cccc(C2=C(c3cc(Cl)ccc3OCc3ccc(F)cc3F)CCCC2)n1. The molecule has 0 bridgehead atoms. The highest BCUT2D eigenvalue weighted by molar-refractivity contribution is 6.30. The van der Waals surface area contributed by atoms with E-state index in [-0.39, 0.29) is 17.9 Å². The molecule has 0 atom stereocenters. The molecule has 1 aliphatic rings. The zero-order valence-corrected chi connectivity index (χ0v) is 17.8. The van der Waals surface area contributed by atoms with Crippen LogP contribution in [-0.4, -0.2) is 16.1 Å². The van der Waals surface area contributed by atoms with Gasteiger partial charge >= 0.3 is 5.97 Å². The van der Waals surface area contributed by atoms with Gasteiger partial charge in [-0.15, -0.1) is 0 Å². The summed E-state index contributed by atoms with van der Waals surface area (Å²) in [5, 5.41) is 9.84. The van der Waals surface area contributed by atoms with E-state index in [2.05, 4.69) is 4.98 Å². The first kappa shape index (κ1) is 22.0. The third-order valence-corrected chi connectivity index (χ3v) is 5.65. The maximum absolute atomic E-state index is 14.1. The molecular formula is C25H20ClF2NO3. The highest BCUT2D eigenvalue weighted by atomic mass is 35.5. The van der Waals surface area contributed by atoms with E-state index in [9.17, 15) is 18.7 Å². The predicted molar refractivity (Wildman–Crippen MR) is 119 cm³/mol. The van der Waals surface area contributed by atoms with Crippen LogP contribution in [0.3, 0.4) is 0 Å². The lowest BCUT2D eigenvalue weighted by atomic mass is 9.85. The maximum Gasteiger partial charge on any atom is 0.354 e. The van der Waals surface area contributed by atoms with E-state index in [1.54, 1.807) is 30.3 Å². The van der Waals surface area contributed by atoms with Gasteiger partial charge in [0.15, 0.2) is 0 Å². The lowest BCUT2D eigenvalue weighted by molar-refractivity contribution is 0.0690. The Hall–Kier alpha value is -3.25. The molecule has 1 aliphatic carbocycles. The first-order chi connectivity index (χ1) is 15.4. The van der Waals surface area contributed by atoms with Crippen LogP contribution < -0.4 is 4.74 Å². The second kappa shape index (κ2) is 9.49. The topological polar surface area (TPSA) is 59.4 Å². The number of aromatic nitrogens is 1. The Kier molecular flexibility index (Phi) is 6.51. The highest BCUT2D eigenvalue weighted by Gasteiger charge is 2.21. The standard InChI is InChI=1S/C25H20ClF2NO3/c26-16-9-11-24(32-14-15-8-10-17(27)13-21(15)28)20(12-16)18-4-1-2-5-19(18)22-6-3-7-23(29-22)25(30)31/h3,6-13H,1-2,4-5,14H2,(H,30,31). The highest BCUT2D eigenvalue weighted by Crippen LogP contribution is 2.42. The Labute approximate surface area is 189 Å². The van der Waals surface area contributed by atoms with Gasteiger partial charge in [0.1, 0.15) is 29.7 Å². The number of nitrogens with zero attached hydrogens (tertiary/aromatic N) is 1. The number of carboxylic acids is 1. The van der Waals surface area contributed by atoms with Gasteiger partial charge in [0.25, 0.3) is 0 Å². The van der Waals surface area contributed by atoms with Crippen LogP contribution in [0, 0.1) is 11.6 Å². The predicted octanol–water partition coefficient (Wildman–Crippen LogP) is 6.78. The smallest absolute Gasteiger partial charge is 0.354 e. The fraction of sp³-hybridized carbons (Fsp3) is 0.200. The van der Waals surface area contributed by atoms with Gasteiger partial charge in [0, 0.05) is 22.2 Å². The van der Waals surface area contributed by atoms with Gasteiger partial charge in [0.05, 0.1) is 5.69 Å². The van der Waals surface area contributed by atoms with Crippen LogP contribution in [-0.2, 0) is 6.61 Å². The molecule has 0 unspecified atom stereocenters. The van der Waals surface area contributed by atoms with Gasteiger partial charge < -0.3 is 9.84 Å². The summed E-state index contributed by atoms with van der Waals surface area (Å²) in [6.07, 6.45) is 3.39. The Bertz CT molecular complexity index is 1210. The molecular weight excluding hydrogens is 436 g/mol. The second-order valence-corrected chi connectivity index (χ2v) is 7.98. The fourth-order valence-electron chi connectivity index (χ4n) is 3.87. The van der Waals surface area contributed by atoms with Gasteiger partial charge in [-0.05, 0) is 79.3 Å². The third kappa shape index (κ3) is 4.81. The first-order valence-corrected chi connectivity index (χ1v) is 10.6. The van der Waals surface area contributed by atoms with Gasteiger partial charge in [-0.1, -0.05) is 17.7 Å². The van der Waals surface area contributed by atoms with Crippen LogP contribution in [0.1, 0.15) is 53.0 Å². The van der Waals surface area contributed by atoms with Crippen LogP contribution in [0.4, 0.5) is 8.78 Å². The van der Waals surface area contributed by atoms with Crippen LogP contribution >= 0.6 is 11.6 Å². The van der Waals surface area contributed by atoms with Crippen molar-refractivity contribution in [3.63, 3.8) is 0 Å². The van der Waals surface area contributed by atoms with Crippen LogP contribution in [0.2, 0.25) is 5.02 Å². The number of pyridine rings is 1. The first-order valence-electron chi connectivity index (χ1n) is 10.2. The molecule has 7 heteroatoms. The summed E-state index contributed by atoms with van der Waals surface area (Å²) >= 11 is 6.28. The summed E-state index contributed by atoms with van der Waals surface area (Å²) in [5.41, 5.74) is 3.50. The summed E-state index contributed by atoms with van der Waals surface area (Å²) in [5.74, 6) is -1.89. The van der Waals surface area contributed by atoms with E-state index in [4.69, 9.17) is 16.3 Å². The van der Waals surface area contributed by atoms with Gasteiger partial charge in [-0.2, -0.15) is 0 Å². The van der Waals surface area contributed by atoms with E-state index >= 15 is 0 Å². The molecule has 0 saturated heterocycles. The molecule has 0 aliphatic heterocycles. The normalized spacial score (nSPS) is 13.8. The average Bonchev–Trinajstić information content (AvgIpc) is 2.79. The van der Waals surface area contributed by atoms with Gasteiger partial charge in [0.2, 0.25) is 0 Å².